The van der Waals surface area contributed by atoms with Crippen molar-refractivity contribution in [1.82, 2.24) is 15.2 Å². The van der Waals surface area contributed by atoms with Gasteiger partial charge in [-0.1, -0.05) is 18.2 Å². The van der Waals surface area contributed by atoms with Gasteiger partial charge >= 0.3 is 0 Å². The van der Waals surface area contributed by atoms with Crippen LogP contribution in [0.5, 0.6) is 5.75 Å². The predicted octanol–water partition coefficient (Wildman–Crippen LogP) is 4.01. The molecule has 1 aliphatic rings. The van der Waals surface area contributed by atoms with Crippen LogP contribution in [0.4, 0.5) is 5.13 Å². The second kappa shape index (κ2) is 12.2. The Morgan fingerprint density at radius 2 is 2.07 bits per heavy atom. The van der Waals surface area contributed by atoms with Crippen LogP contribution in [0.25, 0.3) is 0 Å². The number of nitrogens with zero attached hydrogens (tertiary/aromatic N) is 4. The first-order valence-corrected chi connectivity index (χ1v) is 10.9. The number of rotatable bonds is 8. The molecule has 1 aliphatic heterocycles. The highest BCUT2D eigenvalue weighted by atomic mass is 127. The standard InChI is InChI=1S/C21H31N5OS.HI/c1-4-22-20(25(2)15-17-9-5-6-10-19(17)27-3)23-12-11-18-16-28-21(24-18)26-13-7-8-14-26;/h5-6,9-10,16H,4,7-8,11-15H2,1-3H3,(H,22,23);1H. The molecule has 2 aromatic rings. The van der Waals surface area contributed by atoms with Gasteiger partial charge < -0.3 is 19.9 Å². The molecular weight excluding hydrogens is 497 g/mol. The van der Waals surface area contributed by atoms with Gasteiger partial charge in [-0.3, -0.25) is 4.99 Å². The molecule has 160 valence electrons. The van der Waals surface area contributed by atoms with Crippen molar-refractivity contribution in [3.8, 4) is 5.75 Å². The molecule has 6 nitrogen and oxygen atoms in total. The summed E-state index contributed by atoms with van der Waals surface area (Å²) in [7, 11) is 3.77. The number of aliphatic imine (C=N–C) groups is 1. The Balaban J connectivity index is 0.00000300. The minimum absolute atomic E-state index is 0. The molecule has 1 saturated heterocycles. The van der Waals surface area contributed by atoms with Gasteiger partial charge in [0.1, 0.15) is 5.75 Å². The molecular formula is C21H32IN5OS. The van der Waals surface area contributed by atoms with Gasteiger partial charge in [0.25, 0.3) is 0 Å². The van der Waals surface area contributed by atoms with E-state index in [1.54, 1.807) is 18.4 Å². The molecule has 1 N–H and O–H groups in total. The van der Waals surface area contributed by atoms with Crippen molar-refractivity contribution in [3.63, 3.8) is 0 Å². The summed E-state index contributed by atoms with van der Waals surface area (Å²) in [5.41, 5.74) is 2.28. The van der Waals surface area contributed by atoms with Gasteiger partial charge in [0.05, 0.1) is 12.8 Å². The highest BCUT2D eigenvalue weighted by Crippen LogP contribution is 2.24. The lowest BCUT2D eigenvalue weighted by molar-refractivity contribution is 0.396. The number of hydrogen-bond acceptors (Lipinski definition) is 5. The zero-order chi connectivity index (χ0) is 19.8. The first kappa shape index (κ1) is 23.7. The number of halogens is 1. The zero-order valence-electron chi connectivity index (χ0n) is 17.6. The third-order valence-corrected chi connectivity index (χ3v) is 5.79. The van der Waals surface area contributed by atoms with Crippen LogP contribution in [0.1, 0.15) is 31.0 Å². The predicted molar refractivity (Wildman–Crippen MR) is 133 cm³/mol. The summed E-state index contributed by atoms with van der Waals surface area (Å²) in [5.74, 6) is 1.81. The van der Waals surface area contributed by atoms with Crippen LogP contribution < -0.4 is 15.0 Å². The number of methoxy groups -OCH3 is 1. The molecule has 0 amide bonds. The van der Waals surface area contributed by atoms with Crippen molar-refractivity contribution < 1.29 is 4.74 Å². The largest absolute Gasteiger partial charge is 0.496 e. The number of ether oxygens (including phenoxy) is 1. The Hall–Kier alpha value is -1.55. The number of guanidine groups is 1. The van der Waals surface area contributed by atoms with Crippen molar-refractivity contribution in [2.24, 2.45) is 4.99 Å². The van der Waals surface area contributed by atoms with Gasteiger partial charge in [-0.2, -0.15) is 0 Å². The Morgan fingerprint density at radius 1 is 1.31 bits per heavy atom. The van der Waals surface area contributed by atoms with Gasteiger partial charge in [0, 0.05) is 57.1 Å². The lowest BCUT2D eigenvalue weighted by Crippen LogP contribution is -2.38. The lowest BCUT2D eigenvalue weighted by Gasteiger charge is -2.23. The fraction of sp³-hybridized carbons (Fsp3) is 0.524. The molecule has 1 fully saturated rings. The molecule has 2 heterocycles. The second-order valence-corrected chi connectivity index (χ2v) is 7.81. The number of nitrogens with one attached hydrogen (secondary N) is 1. The summed E-state index contributed by atoms with van der Waals surface area (Å²) in [6, 6.07) is 8.11. The van der Waals surface area contributed by atoms with E-state index in [0.717, 1.165) is 67.2 Å². The Morgan fingerprint density at radius 3 is 2.79 bits per heavy atom. The van der Waals surface area contributed by atoms with E-state index in [1.165, 1.54) is 12.8 Å². The van der Waals surface area contributed by atoms with E-state index < -0.39 is 0 Å². The number of benzene rings is 1. The van der Waals surface area contributed by atoms with Crippen LogP contribution >= 0.6 is 35.3 Å². The summed E-state index contributed by atoms with van der Waals surface area (Å²) in [4.78, 5) is 14.1. The Labute approximate surface area is 195 Å². The summed E-state index contributed by atoms with van der Waals surface area (Å²) in [6.07, 6.45) is 3.43. The first-order valence-electron chi connectivity index (χ1n) is 10.0. The maximum Gasteiger partial charge on any atom is 0.193 e. The molecule has 0 spiro atoms. The van der Waals surface area contributed by atoms with Crippen LogP contribution in [0, 0.1) is 0 Å². The van der Waals surface area contributed by atoms with Crippen molar-refractivity contribution in [1.29, 1.82) is 0 Å². The Kier molecular flexibility index (Phi) is 9.99. The Bertz CT molecular complexity index is 776. The van der Waals surface area contributed by atoms with Gasteiger partial charge in [0.15, 0.2) is 11.1 Å². The number of thiazole rings is 1. The normalized spacial score (nSPS) is 13.9. The molecule has 0 atom stereocenters. The van der Waals surface area contributed by atoms with Gasteiger partial charge in [-0.05, 0) is 25.8 Å². The fourth-order valence-corrected chi connectivity index (χ4v) is 4.29. The molecule has 0 saturated carbocycles. The van der Waals surface area contributed by atoms with Gasteiger partial charge in [-0.15, -0.1) is 35.3 Å². The quantitative estimate of drug-likeness (QED) is 0.318. The lowest BCUT2D eigenvalue weighted by atomic mass is 10.2. The highest BCUT2D eigenvalue weighted by Gasteiger charge is 2.15. The van der Waals surface area contributed by atoms with Crippen LogP contribution in [-0.4, -0.2) is 56.2 Å². The number of hydrogen-bond donors (Lipinski definition) is 1. The van der Waals surface area contributed by atoms with Crippen molar-refractivity contribution in [2.45, 2.75) is 32.7 Å². The molecule has 29 heavy (non-hydrogen) atoms. The molecule has 3 rings (SSSR count). The third-order valence-electron chi connectivity index (χ3n) is 4.84. The highest BCUT2D eigenvalue weighted by molar-refractivity contribution is 14.0. The average Bonchev–Trinajstić information content (AvgIpc) is 3.39. The van der Waals surface area contributed by atoms with Crippen molar-refractivity contribution >= 4 is 46.4 Å². The minimum atomic E-state index is 0. The molecule has 0 bridgehead atoms. The van der Waals surface area contributed by atoms with Crippen LogP contribution in [0.3, 0.4) is 0 Å². The molecule has 0 unspecified atom stereocenters. The monoisotopic (exact) mass is 529 g/mol. The zero-order valence-corrected chi connectivity index (χ0v) is 20.7. The van der Waals surface area contributed by atoms with Gasteiger partial charge in [0.2, 0.25) is 0 Å². The molecule has 1 aromatic heterocycles. The van der Waals surface area contributed by atoms with Gasteiger partial charge in [-0.25, -0.2) is 4.98 Å². The molecule has 0 radical (unpaired) electrons. The van der Waals surface area contributed by atoms with E-state index in [-0.39, 0.29) is 24.0 Å². The number of anilines is 1. The first-order chi connectivity index (χ1) is 13.7. The smallest absolute Gasteiger partial charge is 0.193 e. The molecule has 1 aromatic carbocycles. The van der Waals surface area contributed by atoms with Crippen LogP contribution in [0.2, 0.25) is 0 Å². The van der Waals surface area contributed by atoms with Crippen molar-refractivity contribution in [2.75, 3.05) is 45.2 Å². The van der Waals surface area contributed by atoms with E-state index in [0.29, 0.717) is 0 Å². The average molecular weight is 529 g/mol. The maximum atomic E-state index is 5.47. The second-order valence-electron chi connectivity index (χ2n) is 6.97. The van der Waals surface area contributed by atoms with E-state index in [9.17, 15) is 0 Å². The van der Waals surface area contributed by atoms with E-state index in [1.807, 2.05) is 18.2 Å². The SMILES string of the molecule is CCNC(=NCCc1csc(N2CCCC2)n1)N(C)Cc1ccccc1OC.I. The summed E-state index contributed by atoms with van der Waals surface area (Å²) in [6.45, 7) is 6.68. The molecule has 8 heteroatoms. The summed E-state index contributed by atoms with van der Waals surface area (Å²) in [5, 5.41) is 6.72. The fourth-order valence-electron chi connectivity index (χ4n) is 3.37. The summed E-state index contributed by atoms with van der Waals surface area (Å²) < 4.78 is 5.47. The molecule has 0 aliphatic carbocycles. The number of para-hydroxylation sites is 1. The van der Waals surface area contributed by atoms with Crippen LogP contribution in [0.15, 0.2) is 34.6 Å². The minimum Gasteiger partial charge on any atom is -0.496 e. The van der Waals surface area contributed by atoms with E-state index in [4.69, 9.17) is 14.7 Å². The van der Waals surface area contributed by atoms with Crippen molar-refractivity contribution in [3.05, 3.63) is 40.9 Å². The topological polar surface area (TPSA) is 53.0 Å². The summed E-state index contributed by atoms with van der Waals surface area (Å²) >= 11 is 1.75. The van der Waals surface area contributed by atoms with E-state index in [2.05, 4.69) is 40.5 Å². The third kappa shape index (κ3) is 6.74. The maximum absolute atomic E-state index is 5.47. The van der Waals surface area contributed by atoms with E-state index >= 15 is 0 Å². The number of aromatic nitrogens is 1. The van der Waals surface area contributed by atoms with Crippen LogP contribution in [-0.2, 0) is 13.0 Å².